The van der Waals surface area contributed by atoms with Crippen molar-refractivity contribution in [1.82, 2.24) is 10.8 Å². The summed E-state index contributed by atoms with van der Waals surface area (Å²) >= 11 is 0. The second-order valence-electron chi connectivity index (χ2n) is 4.54. The summed E-state index contributed by atoms with van der Waals surface area (Å²) in [7, 11) is 0. The Bertz CT molecular complexity index is 426. The molecule has 2 N–H and O–H groups in total. The second-order valence-corrected chi connectivity index (χ2v) is 4.54. The van der Waals surface area contributed by atoms with E-state index in [-0.39, 0.29) is 13.0 Å². The molecule has 1 saturated heterocycles. The lowest BCUT2D eigenvalue weighted by molar-refractivity contribution is -0.159. The highest BCUT2D eigenvalue weighted by Crippen LogP contribution is 2.27. The van der Waals surface area contributed by atoms with E-state index < -0.39 is 24.4 Å². The van der Waals surface area contributed by atoms with Crippen LogP contribution < -0.4 is 10.8 Å². The number of hydrogen-bond donors (Lipinski definition) is 2. The van der Waals surface area contributed by atoms with Crippen LogP contribution in [0.3, 0.4) is 0 Å². The molecule has 1 atom stereocenters. The summed E-state index contributed by atoms with van der Waals surface area (Å²) in [6.45, 7) is 0.459. The fourth-order valence-corrected chi connectivity index (χ4v) is 1.93. The van der Waals surface area contributed by atoms with Gasteiger partial charge in [-0.2, -0.15) is 0 Å². The third-order valence-corrected chi connectivity index (χ3v) is 2.96. The molecule has 19 heavy (non-hydrogen) atoms. The highest BCUT2D eigenvalue weighted by atomic mass is 19.3. The SMILES string of the molecule is O=C(ONCc1ccccc1)C1CC(F)(F)CCN1. The van der Waals surface area contributed by atoms with Crippen LogP contribution in [0.1, 0.15) is 18.4 Å². The first-order valence-corrected chi connectivity index (χ1v) is 6.15. The van der Waals surface area contributed by atoms with E-state index in [1.54, 1.807) is 0 Å². The van der Waals surface area contributed by atoms with Crippen LogP contribution >= 0.6 is 0 Å². The summed E-state index contributed by atoms with van der Waals surface area (Å²) in [6, 6.07) is 8.39. The van der Waals surface area contributed by atoms with Crippen LogP contribution in [0.2, 0.25) is 0 Å². The number of alkyl halides is 2. The van der Waals surface area contributed by atoms with Crippen molar-refractivity contribution in [1.29, 1.82) is 0 Å². The Morgan fingerprint density at radius 1 is 1.42 bits per heavy atom. The van der Waals surface area contributed by atoms with Crippen LogP contribution in [0.25, 0.3) is 0 Å². The van der Waals surface area contributed by atoms with E-state index in [0.717, 1.165) is 5.56 Å². The molecule has 0 radical (unpaired) electrons. The molecule has 0 bridgehead atoms. The van der Waals surface area contributed by atoms with Gasteiger partial charge in [0.05, 0.1) is 6.54 Å². The summed E-state index contributed by atoms with van der Waals surface area (Å²) in [6.07, 6.45) is -0.757. The molecule has 1 aliphatic rings. The van der Waals surface area contributed by atoms with Crippen LogP contribution in [0.15, 0.2) is 30.3 Å². The first-order valence-electron chi connectivity index (χ1n) is 6.15. The second kappa shape index (κ2) is 6.08. The minimum Gasteiger partial charge on any atom is -0.369 e. The molecule has 6 heteroatoms. The number of rotatable bonds is 4. The molecule has 1 aliphatic heterocycles. The fraction of sp³-hybridized carbons (Fsp3) is 0.462. The molecule has 0 aliphatic carbocycles. The number of halogens is 2. The standard InChI is InChI=1S/C13H16F2N2O2/c14-13(15)6-7-16-11(8-13)12(18)19-17-9-10-4-2-1-3-5-10/h1-5,11,16-17H,6-9H2. The van der Waals surface area contributed by atoms with Crippen LogP contribution in [-0.4, -0.2) is 24.5 Å². The number of carbonyl (C=O) groups is 1. The molecule has 1 unspecified atom stereocenters. The number of benzene rings is 1. The number of hydroxylamine groups is 1. The maximum atomic E-state index is 13.1. The lowest BCUT2D eigenvalue weighted by Crippen LogP contribution is -2.49. The molecule has 0 amide bonds. The molecule has 0 spiro atoms. The predicted octanol–water partition coefficient (Wildman–Crippen LogP) is 1.62. The Morgan fingerprint density at radius 3 is 2.84 bits per heavy atom. The summed E-state index contributed by atoms with van der Waals surface area (Å²) < 4.78 is 26.3. The van der Waals surface area contributed by atoms with Crippen LogP contribution in [0.5, 0.6) is 0 Å². The van der Waals surface area contributed by atoms with Crippen molar-refractivity contribution in [2.45, 2.75) is 31.4 Å². The number of carbonyl (C=O) groups excluding carboxylic acids is 1. The van der Waals surface area contributed by atoms with Crippen molar-refractivity contribution in [2.75, 3.05) is 6.54 Å². The van der Waals surface area contributed by atoms with Crippen LogP contribution in [0, 0.1) is 0 Å². The Morgan fingerprint density at radius 2 is 2.16 bits per heavy atom. The first-order chi connectivity index (χ1) is 9.07. The molecular formula is C13H16F2N2O2. The minimum atomic E-state index is -2.80. The van der Waals surface area contributed by atoms with Gasteiger partial charge in [0.2, 0.25) is 0 Å². The van der Waals surface area contributed by atoms with Crippen molar-refractivity contribution < 1.29 is 18.4 Å². The first kappa shape index (κ1) is 13.9. The third-order valence-electron chi connectivity index (χ3n) is 2.96. The monoisotopic (exact) mass is 270 g/mol. The Kier molecular flexibility index (Phi) is 4.44. The van der Waals surface area contributed by atoms with Crippen LogP contribution in [0.4, 0.5) is 8.78 Å². The van der Waals surface area contributed by atoms with Gasteiger partial charge in [0.15, 0.2) is 0 Å². The summed E-state index contributed by atoms with van der Waals surface area (Å²) in [5.74, 6) is -3.50. The lowest BCUT2D eigenvalue weighted by Gasteiger charge is -2.28. The minimum absolute atomic E-state index is 0.117. The molecule has 4 nitrogen and oxygen atoms in total. The lowest BCUT2D eigenvalue weighted by atomic mass is 10.0. The Labute approximate surface area is 110 Å². The quantitative estimate of drug-likeness (QED) is 0.816. The molecule has 0 saturated carbocycles. The maximum absolute atomic E-state index is 13.1. The maximum Gasteiger partial charge on any atom is 0.342 e. The van der Waals surface area contributed by atoms with Gasteiger partial charge in [0.1, 0.15) is 6.04 Å². The van der Waals surface area contributed by atoms with Gasteiger partial charge >= 0.3 is 5.97 Å². The number of nitrogens with one attached hydrogen (secondary N) is 2. The Balaban J connectivity index is 1.75. The van der Waals surface area contributed by atoms with Crippen molar-refractivity contribution in [3.05, 3.63) is 35.9 Å². The van der Waals surface area contributed by atoms with E-state index in [0.29, 0.717) is 6.54 Å². The largest absolute Gasteiger partial charge is 0.369 e. The molecule has 2 rings (SSSR count). The van der Waals surface area contributed by atoms with Gasteiger partial charge in [-0.25, -0.2) is 13.6 Å². The third kappa shape index (κ3) is 4.25. The van der Waals surface area contributed by atoms with E-state index >= 15 is 0 Å². The van der Waals surface area contributed by atoms with E-state index in [9.17, 15) is 13.6 Å². The van der Waals surface area contributed by atoms with E-state index in [2.05, 4.69) is 10.8 Å². The molecule has 0 aromatic heterocycles. The molecule has 1 aromatic carbocycles. The zero-order valence-corrected chi connectivity index (χ0v) is 10.4. The smallest absolute Gasteiger partial charge is 0.342 e. The summed E-state index contributed by atoms with van der Waals surface area (Å²) in [4.78, 5) is 16.4. The average Bonchev–Trinajstić information content (AvgIpc) is 2.38. The van der Waals surface area contributed by atoms with Gasteiger partial charge in [-0.1, -0.05) is 30.3 Å². The number of hydrogen-bond acceptors (Lipinski definition) is 4. The highest BCUT2D eigenvalue weighted by molar-refractivity contribution is 5.75. The van der Waals surface area contributed by atoms with Crippen LogP contribution in [-0.2, 0) is 16.2 Å². The Hall–Kier alpha value is -1.53. The molecular weight excluding hydrogens is 254 g/mol. The van der Waals surface area contributed by atoms with Gasteiger partial charge < -0.3 is 10.2 Å². The normalized spacial score (nSPS) is 21.9. The van der Waals surface area contributed by atoms with E-state index in [1.165, 1.54) is 0 Å². The van der Waals surface area contributed by atoms with Gasteiger partial charge in [0, 0.05) is 19.4 Å². The van der Waals surface area contributed by atoms with Crippen molar-refractivity contribution in [3.8, 4) is 0 Å². The fourth-order valence-electron chi connectivity index (χ4n) is 1.93. The highest BCUT2D eigenvalue weighted by Gasteiger charge is 2.39. The molecule has 104 valence electrons. The van der Waals surface area contributed by atoms with E-state index in [1.807, 2.05) is 30.3 Å². The summed E-state index contributed by atoms with van der Waals surface area (Å²) in [5, 5.41) is 2.73. The summed E-state index contributed by atoms with van der Waals surface area (Å²) in [5.41, 5.74) is 3.43. The molecule has 1 fully saturated rings. The van der Waals surface area contributed by atoms with Crippen molar-refractivity contribution in [3.63, 3.8) is 0 Å². The van der Waals surface area contributed by atoms with Gasteiger partial charge in [-0.3, -0.25) is 0 Å². The zero-order valence-electron chi connectivity index (χ0n) is 10.4. The van der Waals surface area contributed by atoms with E-state index in [4.69, 9.17) is 4.84 Å². The molecule has 1 aromatic rings. The van der Waals surface area contributed by atoms with Gasteiger partial charge in [0.25, 0.3) is 5.92 Å². The topological polar surface area (TPSA) is 50.4 Å². The van der Waals surface area contributed by atoms with Crippen molar-refractivity contribution >= 4 is 5.97 Å². The number of piperidine rings is 1. The van der Waals surface area contributed by atoms with Gasteiger partial charge in [-0.15, -0.1) is 5.48 Å². The van der Waals surface area contributed by atoms with Gasteiger partial charge in [-0.05, 0) is 5.56 Å². The zero-order chi connectivity index (χ0) is 13.7. The molecule has 1 heterocycles. The average molecular weight is 270 g/mol. The van der Waals surface area contributed by atoms with Crippen molar-refractivity contribution in [2.24, 2.45) is 0 Å². The predicted molar refractivity (Wildman–Crippen MR) is 65.3 cm³/mol.